The number of sulfonamides is 1. The van der Waals surface area contributed by atoms with Crippen molar-refractivity contribution in [3.05, 3.63) is 138 Å². The first-order valence-electron chi connectivity index (χ1n) is 14.2. The maximum Gasteiger partial charge on any atom is 0.338 e. The van der Waals surface area contributed by atoms with Crippen molar-refractivity contribution in [2.45, 2.75) is 36.2 Å². The maximum atomic E-state index is 13.2. The number of hydrogen-bond acceptors (Lipinski definition) is 10. The van der Waals surface area contributed by atoms with Crippen LogP contribution in [0, 0.1) is 6.92 Å². The molecule has 5 rings (SSSR count). The normalized spacial score (nSPS) is 19.3. The Morgan fingerprint density at radius 2 is 1.20 bits per heavy atom. The van der Waals surface area contributed by atoms with Gasteiger partial charge in [-0.2, -0.15) is 13.5 Å². The van der Waals surface area contributed by atoms with Gasteiger partial charge in [-0.3, -0.25) is 0 Å². The Morgan fingerprint density at radius 1 is 0.717 bits per heavy atom. The molecule has 0 unspecified atom stereocenters. The summed E-state index contributed by atoms with van der Waals surface area (Å²) in [6.07, 6.45) is -3.85. The smallest absolute Gasteiger partial charge is 0.338 e. The van der Waals surface area contributed by atoms with Crippen molar-refractivity contribution < 1.29 is 41.7 Å². The molecule has 0 bridgehead atoms. The van der Waals surface area contributed by atoms with Crippen molar-refractivity contribution in [1.29, 1.82) is 0 Å². The summed E-state index contributed by atoms with van der Waals surface area (Å²) in [4.78, 5) is 41.2. The van der Waals surface area contributed by atoms with Gasteiger partial charge in [0.05, 0.1) is 27.8 Å². The number of nitrogens with one attached hydrogen (secondary N) is 1. The van der Waals surface area contributed by atoms with E-state index in [2.05, 4.69) is 9.93 Å². The average Bonchev–Trinajstić information content (AvgIpc) is 3.39. The third-order valence-corrected chi connectivity index (χ3v) is 8.20. The van der Waals surface area contributed by atoms with Crippen LogP contribution in [0.3, 0.4) is 0 Å². The first kappa shape index (κ1) is 32.1. The molecule has 4 aromatic carbocycles. The zero-order valence-electron chi connectivity index (χ0n) is 24.6. The van der Waals surface area contributed by atoms with Gasteiger partial charge in [0.2, 0.25) is 0 Å². The SMILES string of the molecule is Cc1ccc(S(=O)(=O)N/N=C/[C@@H]2O[C@H](COC(=O)c3ccccc3)[C@@H](OC(=O)c3ccccc3)[C@H]2OC(=O)c2ccccc2)cc1. The van der Waals surface area contributed by atoms with Crippen molar-refractivity contribution in [3.8, 4) is 0 Å². The van der Waals surface area contributed by atoms with Crippen LogP contribution in [-0.2, 0) is 29.0 Å². The fraction of sp³-hybridized carbons (Fsp3) is 0.176. The molecular formula is C34H30N2O9S. The second-order valence-electron chi connectivity index (χ2n) is 10.3. The van der Waals surface area contributed by atoms with Crippen LogP contribution in [-0.4, -0.2) is 63.6 Å². The summed E-state index contributed by atoms with van der Waals surface area (Å²) in [5, 5.41) is 3.88. The molecule has 1 N–H and O–H groups in total. The molecule has 46 heavy (non-hydrogen) atoms. The van der Waals surface area contributed by atoms with E-state index in [4.69, 9.17) is 18.9 Å². The first-order valence-corrected chi connectivity index (χ1v) is 15.7. The van der Waals surface area contributed by atoms with Crippen molar-refractivity contribution in [2.24, 2.45) is 5.10 Å². The second kappa shape index (κ2) is 14.6. The van der Waals surface area contributed by atoms with Gasteiger partial charge < -0.3 is 18.9 Å². The second-order valence-corrected chi connectivity index (χ2v) is 11.9. The highest BCUT2D eigenvalue weighted by atomic mass is 32.2. The van der Waals surface area contributed by atoms with Crippen molar-refractivity contribution in [3.63, 3.8) is 0 Å². The first-order chi connectivity index (χ1) is 22.2. The van der Waals surface area contributed by atoms with Crippen LogP contribution >= 0.6 is 0 Å². The molecule has 0 aromatic heterocycles. The summed E-state index contributed by atoms with van der Waals surface area (Å²) in [7, 11) is -4.05. The molecule has 1 aliphatic heterocycles. The highest BCUT2D eigenvalue weighted by Gasteiger charge is 2.50. The number of esters is 3. The molecule has 1 saturated heterocycles. The maximum absolute atomic E-state index is 13.2. The molecule has 0 amide bonds. The summed E-state index contributed by atoms with van der Waals surface area (Å²) >= 11 is 0. The number of rotatable bonds is 11. The van der Waals surface area contributed by atoms with Crippen LogP contribution in [0.1, 0.15) is 36.6 Å². The van der Waals surface area contributed by atoms with Gasteiger partial charge in [-0.25, -0.2) is 19.2 Å². The molecule has 1 fully saturated rings. The van der Waals surface area contributed by atoms with E-state index in [1.54, 1.807) is 103 Å². The summed E-state index contributed by atoms with van der Waals surface area (Å²) in [6.45, 7) is 1.43. The molecule has 4 aromatic rings. The van der Waals surface area contributed by atoms with Crippen LogP contribution in [0.5, 0.6) is 0 Å². The third-order valence-electron chi connectivity index (χ3n) is 6.96. The third kappa shape index (κ3) is 8.03. The van der Waals surface area contributed by atoms with Gasteiger partial charge in [0.15, 0.2) is 12.2 Å². The van der Waals surface area contributed by atoms with E-state index in [1.165, 1.54) is 12.1 Å². The van der Waals surface area contributed by atoms with E-state index in [1.807, 2.05) is 6.92 Å². The van der Waals surface area contributed by atoms with E-state index >= 15 is 0 Å². The monoisotopic (exact) mass is 642 g/mol. The lowest BCUT2D eigenvalue weighted by Gasteiger charge is -2.24. The minimum Gasteiger partial charge on any atom is -0.459 e. The molecule has 12 heteroatoms. The molecule has 11 nitrogen and oxygen atoms in total. The largest absolute Gasteiger partial charge is 0.459 e. The minimum atomic E-state index is -4.05. The summed E-state index contributed by atoms with van der Waals surface area (Å²) in [5.74, 6) is -2.15. The predicted molar refractivity (Wildman–Crippen MR) is 167 cm³/mol. The topological polar surface area (TPSA) is 147 Å². The number of carbonyl (C=O) groups excluding carboxylic acids is 3. The standard InChI is InChI=1S/C34H30N2O9S/c1-23-17-19-27(20-18-23)46(40,41)36-35-21-28-30(44-33(38)25-13-7-3-8-14-25)31(45-34(39)26-15-9-4-10-16-26)29(43-28)22-42-32(37)24-11-5-2-6-12-24/h2-21,28-31,36H,22H2,1H3/b35-21+/t28-,29+,30-,31+/m0/s1. The fourth-order valence-corrected chi connectivity index (χ4v) is 5.38. The Labute approximate surface area is 265 Å². The van der Waals surface area contributed by atoms with E-state index in [-0.39, 0.29) is 28.2 Å². The molecule has 4 atom stereocenters. The van der Waals surface area contributed by atoms with E-state index in [0.29, 0.717) is 0 Å². The Kier molecular flexibility index (Phi) is 10.2. The Balaban J connectivity index is 1.43. The molecular weight excluding hydrogens is 612 g/mol. The van der Waals surface area contributed by atoms with Crippen LogP contribution < -0.4 is 4.83 Å². The van der Waals surface area contributed by atoms with Gasteiger partial charge in [-0.15, -0.1) is 0 Å². The van der Waals surface area contributed by atoms with Crippen molar-refractivity contribution >= 4 is 34.1 Å². The van der Waals surface area contributed by atoms with E-state index < -0.39 is 52.3 Å². The van der Waals surface area contributed by atoms with Crippen LogP contribution in [0.25, 0.3) is 0 Å². The molecule has 1 aliphatic rings. The minimum absolute atomic E-state index is 0.0185. The van der Waals surface area contributed by atoms with E-state index in [9.17, 15) is 22.8 Å². The summed E-state index contributed by atoms with van der Waals surface area (Å²) in [5.41, 5.74) is 1.60. The highest BCUT2D eigenvalue weighted by Crippen LogP contribution is 2.29. The van der Waals surface area contributed by atoms with Crippen LogP contribution in [0.4, 0.5) is 0 Å². The van der Waals surface area contributed by atoms with Crippen LogP contribution in [0.15, 0.2) is 125 Å². The zero-order chi connectivity index (χ0) is 32.5. The van der Waals surface area contributed by atoms with Gasteiger partial charge in [0, 0.05) is 0 Å². The highest BCUT2D eigenvalue weighted by molar-refractivity contribution is 7.89. The van der Waals surface area contributed by atoms with Gasteiger partial charge in [0.25, 0.3) is 10.0 Å². The van der Waals surface area contributed by atoms with Crippen molar-refractivity contribution in [1.82, 2.24) is 4.83 Å². The van der Waals surface area contributed by atoms with Crippen LogP contribution in [0.2, 0.25) is 0 Å². The molecule has 0 aliphatic carbocycles. The Morgan fingerprint density at radius 3 is 1.72 bits per heavy atom. The summed E-state index contributed by atoms with van der Waals surface area (Å²) < 4.78 is 48.8. The molecule has 0 radical (unpaired) electrons. The Bertz CT molecular complexity index is 1780. The lowest BCUT2D eigenvalue weighted by atomic mass is 10.1. The van der Waals surface area contributed by atoms with E-state index in [0.717, 1.165) is 11.8 Å². The number of aryl methyl sites for hydroxylation is 1. The van der Waals surface area contributed by atoms with Gasteiger partial charge in [-0.05, 0) is 55.5 Å². The van der Waals surface area contributed by atoms with Gasteiger partial charge in [-0.1, -0.05) is 72.3 Å². The number of ether oxygens (including phenoxy) is 4. The number of carbonyl (C=O) groups is 3. The quantitative estimate of drug-likeness (QED) is 0.109. The predicted octanol–water partition coefficient (Wildman–Crippen LogP) is 4.33. The zero-order valence-corrected chi connectivity index (χ0v) is 25.4. The Hall–Kier alpha value is -5.33. The molecule has 0 spiro atoms. The van der Waals surface area contributed by atoms with Gasteiger partial charge >= 0.3 is 17.9 Å². The average molecular weight is 643 g/mol. The summed E-state index contributed by atoms with van der Waals surface area (Å²) in [6, 6.07) is 30.7. The van der Waals surface area contributed by atoms with Gasteiger partial charge in [0.1, 0.15) is 18.8 Å². The molecule has 236 valence electrons. The lowest BCUT2D eigenvalue weighted by Crippen LogP contribution is -2.42. The molecule has 1 heterocycles. The molecule has 0 saturated carbocycles. The number of benzene rings is 4. The van der Waals surface area contributed by atoms with Crippen molar-refractivity contribution in [2.75, 3.05) is 6.61 Å². The number of hydrogen-bond donors (Lipinski definition) is 1. The lowest BCUT2D eigenvalue weighted by molar-refractivity contribution is -0.0436. The fourth-order valence-electron chi connectivity index (χ4n) is 4.58. The number of hydrazone groups is 1. The number of nitrogens with zero attached hydrogens (tertiary/aromatic N) is 1.